The summed E-state index contributed by atoms with van der Waals surface area (Å²) in [7, 11) is 0. The first-order chi connectivity index (χ1) is 7.65. The third-order valence-electron chi connectivity index (χ3n) is 2.86. The van der Waals surface area contributed by atoms with Gasteiger partial charge in [-0.2, -0.15) is 0 Å². The van der Waals surface area contributed by atoms with Crippen LogP contribution in [0.15, 0.2) is 24.3 Å². The number of hydrogen-bond acceptors (Lipinski definition) is 2. The van der Waals surface area contributed by atoms with Crippen molar-refractivity contribution in [2.45, 2.75) is 26.2 Å². The van der Waals surface area contributed by atoms with Gasteiger partial charge in [-0.1, -0.05) is 26.0 Å². The monoisotopic (exact) mass is 217 g/mol. The van der Waals surface area contributed by atoms with Gasteiger partial charge in [0, 0.05) is 5.92 Å². The van der Waals surface area contributed by atoms with E-state index in [1.807, 2.05) is 31.2 Å². The number of carbonyl (C=O) groups is 1. The van der Waals surface area contributed by atoms with Gasteiger partial charge < -0.3 is 5.73 Å². The summed E-state index contributed by atoms with van der Waals surface area (Å²) in [5.74, 6) is 0.969. The maximum absolute atomic E-state index is 11.5. The van der Waals surface area contributed by atoms with Gasteiger partial charge >= 0.3 is 6.03 Å². The van der Waals surface area contributed by atoms with Gasteiger partial charge in [0.25, 0.3) is 0 Å². The van der Waals surface area contributed by atoms with Gasteiger partial charge in [0.1, 0.15) is 5.82 Å². The molecule has 0 aliphatic heterocycles. The number of benzene rings is 1. The molecule has 0 saturated carbocycles. The highest BCUT2D eigenvalue weighted by molar-refractivity contribution is 5.89. The van der Waals surface area contributed by atoms with E-state index < -0.39 is 6.03 Å². The molecule has 16 heavy (non-hydrogen) atoms. The number of para-hydroxylation sites is 2. The number of nitrogens with zero attached hydrogens (tertiary/aromatic N) is 2. The van der Waals surface area contributed by atoms with Gasteiger partial charge in [-0.15, -0.1) is 0 Å². The maximum Gasteiger partial charge on any atom is 0.324 e. The number of rotatable bonds is 2. The van der Waals surface area contributed by atoms with E-state index in [2.05, 4.69) is 11.9 Å². The minimum Gasteiger partial charge on any atom is -0.351 e. The third-order valence-corrected chi connectivity index (χ3v) is 2.86. The summed E-state index contributed by atoms with van der Waals surface area (Å²) in [4.78, 5) is 15.9. The van der Waals surface area contributed by atoms with Crippen LogP contribution >= 0.6 is 0 Å². The number of hydrogen-bond donors (Lipinski definition) is 1. The van der Waals surface area contributed by atoms with Gasteiger partial charge in [-0.25, -0.2) is 14.3 Å². The van der Waals surface area contributed by atoms with E-state index in [9.17, 15) is 4.79 Å². The molecule has 4 heteroatoms. The van der Waals surface area contributed by atoms with Crippen LogP contribution in [0.25, 0.3) is 11.0 Å². The molecule has 0 fully saturated rings. The lowest BCUT2D eigenvalue weighted by atomic mass is 10.1. The van der Waals surface area contributed by atoms with Crippen LogP contribution in [0.5, 0.6) is 0 Å². The Kier molecular flexibility index (Phi) is 2.64. The Bertz CT molecular complexity index is 530. The van der Waals surface area contributed by atoms with E-state index in [4.69, 9.17) is 5.73 Å². The van der Waals surface area contributed by atoms with Gasteiger partial charge in [-0.3, -0.25) is 0 Å². The second-order valence-electron chi connectivity index (χ2n) is 3.94. The number of amides is 1. The predicted molar refractivity (Wildman–Crippen MR) is 63.4 cm³/mol. The molecule has 0 aliphatic carbocycles. The summed E-state index contributed by atoms with van der Waals surface area (Å²) in [6, 6.07) is 7.06. The lowest BCUT2D eigenvalue weighted by Crippen LogP contribution is -2.22. The van der Waals surface area contributed by atoms with E-state index in [1.165, 1.54) is 4.57 Å². The first-order valence-corrected chi connectivity index (χ1v) is 5.42. The molecular weight excluding hydrogens is 202 g/mol. The summed E-state index contributed by atoms with van der Waals surface area (Å²) in [5, 5.41) is 0. The number of primary amides is 1. The summed E-state index contributed by atoms with van der Waals surface area (Å²) in [6.07, 6.45) is 0.927. The van der Waals surface area contributed by atoms with E-state index in [0.717, 1.165) is 23.3 Å². The van der Waals surface area contributed by atoms with E-state index in [-0.39, 0.29) is 5.92 Å². The van der Waals surface area contributed by atoms with Crippen LogP contribution in [0.4, 0.5) is 4.79 Å². The van der Waals surface area contributed by atoms with Crippen molar-refractivity contribution in [1.82, 2.24) is 9.55 Å². The Labute approximate surface area is 94.1 Å². The van der Waals surface area contributed by atoms with Crippen LogP contribution in [0.1, 0.15) is 32.0 Å². The third kappa shape index (κ3) is 1.56. The molecule has 1 amide bonds. The van der Waals surface area contributed by atoms with Crippen LogP contribution < -0.4 is 5.73 Å². The smallest absolute Gasteiger partial charge is 0.324 e. The Balaban J connectivity index is 2.73. The topological polar surface area (TPSA) is 60.9 Å². The van der Waals surface area contributed by atoms with Crippen LogP contribution in [0, 0.1) is 0 Å². The highest BCUT2D eigenvalue weighted by Gasteiger charge is 2.17. The largest absolute Gasteiger partial charge is 0.351 e. The lowest BCUT2D eigenvalue weighted by Gasteiger charge is -2.09. The standard InChI is InChI=1S/C12H15N3O/c1-3-8(2)11-14-9-6-4-5-7-10(9)15(11)12(13)16/h4-8H,3H2,1-2H3,(H2,13,16). The second-order valence-corrected chi connectivity index (χ2v) is 3.94. The minimum atomic E-state index is -0.469. The zero-order valence-electron chi connectivity index (χ0n) is 9.47. The van der Waals surface area contributed by atoms with Crippen molar-refractivity contribution in [2.75, 3.05) is 0 Å². The van der Waals surface area contributed by atoms with Crippen molar-refractivity contribution in [1.29, 1.82) is 0 Å². The fraction of sp³-hybridized carbons (Fsp3) is 0.333. The van der Waals surface area contributed by atoms with Crippen LogP contribution in [-0.2, 0) is 0 Å². The molecule has 1 aromatic heterocycles. The number of fused-ring (bicyclic) bond motifs is 1. The molecule has 2 rings (SSSR count). The Morgan fingerprint density at radius 2 is 2.19 bits per heavy atom. The Morgan fingerprint density at radius 3 is 2.81 bits per heavy atom. The first-order valence-electron chi connectivity index (χ1n) is 5.42. The SMILES string of the molecule is CCC(C)c1nc2ccccc2n1C(N)=O. The highest BCUT2D eigenvalue weighted by Crippen LogP contribution is 2.23. The zero-order chi connectivity index (χ0) is 11.7. The van der Waals surface area contributed by atoms with Gasteiger partial charge in [0.05, 0.1) is 11.0 Å². The molecule has 0 spiro atoms. The van der Waals surface area contributed by atoms with Crippen molar-refractivity contribution < 1.29 is 4.79 Å². The van der Waals surface area contributed by atoms with Gasteiger partial charge in [-0.05, 0) is 18.6 Å². The molecule has 84 valence electrons. The van der Waals surface area contributed by atoms with Crippen molar-refractivity contribution in [2.24, 2.45) is 5.73 Å². The molecule has 0 aliphatic rings. The molecule has 1 unspecified atom stereocenters. The molecule has 4 nitrogen and oxygen atoms in total. The molecule has 2 aromatic rings. The quantitative estimate of drug-likeness (QED) is 0.840. The molecule has 0 radical (unpaired) electrons. The fourth-order valence-corrected chi connectivity index (χ4v) is 1.79. The summed E-state index contributed by atoms with van der Waals surface area (Å²) in [6.45, 7) is 4.11. The van der Waals surface area contributed by atoms with Crippen LogP contribution in [0.2, 0.25) is 0 Å². The van der Waals surface area contributed by atoms with Crippen molar-refractivity contribution in [3.05, 3.63) is 30.1 Å². The van der Waals surface area contributed by atoms with E-state index >= 15 is 0 Å². The summed E-state index contributed by atoms with van der Waals surface area (Å²) >= 11 is 0. The average molecular weight is 217 g/mol. The Morgan fingerprint density at radius 1 is 1.50 bits per heavy atom. The van der Waals surface area contributed by atoms with Crippen molar-refractivity contribution in [3.8, 4) is 0 Å². The van der Waals surface area contributed by atoms with Gasteiger partial charge in [0.15, 0.2) is 0 Å². The molecular formula is C12H15N3O. The number of aromatic nitrogens is 2. The first kappa shape index (κ1) is 10.7. The molecule has 0 bridgehead atoms. The lowest BCUT2D eigenvalue weighted by molar-refractivity contribution is 0.250. The molecule has 1 aromatic carbocycles. The van der Waals surface area contributed by atoms with Crippen LogP contribution in [-0.4, -0.2) is 15.6 Å². The average Bonchev–Trinajstić information content (AvgIpc) is 2.67. The minimum absolute atomic E-state index is 0.222. The number of nitrogens with two attached hydrogens (primary N) is 1. The molecule has 1 atom stereocenters. The fourth-order valence-electron chi connectivity index (χ4n) is 1.79. The highest BCUT2D eigenvalue weighted by atomic mass is 16.2. The number of imidazole rings is 1. The van der Waals surface area contributed by atoms with E-state index in [0.29, 0.717) is 0 Å². The number of carbonyl (C=O) groups excluding carboxylic acids is 1. The Hall–Kier alpha value is -1.84. The van der Waals surface area contributed by atoms with Crippen molar-refractivity contribution in [3.63, 3.8) is 0 Å². The molecule has 0 saturated heterocycles. The zero-order valence-corrected chi connectivity index (χ0v) is 9.47. The van der Waals surface area contributed by atoms with Gasteiger partial charge in [0.2, 0.25) is 0 Å². The van der Waals surface area contributed by atoms with Crippen LogP contribution in [0.3, 0.4) is 0 Å². The van der Waals surface area contributed by atoms with E-state index in [1.54, 1.807) is 0 Å². The maximum atomic E-state index is 11.5. The second kappa shape index (κ2) is 3.96. The summed E-state index contributed by atoms with van der Waals surface area (Å²) in [5.41, 5.74) is 7.00. The van der Waals surface area contributed by atoms with Crippen molar-refractivity contribution >= 4 is 17.1 Å². The normalized spacial score (nSPS) is 12.9. The molecule has 2 N–H and O–H groups in total. The predicted octanol–water partition coefficient (Wildman–Crippen LogP) is 2.48. The summed E-state index contributed by atoms with van der Waals surface area (Å²) < 4.78 is 1.50. The molecule has 1 heterocycles.